The third-order valence-corrected chi connectivity index (χ3v) is 5.65. The molecule has 0 unspecified atom stereocenters. The minimum atomic E-state index is -0.765. The van der Waals surface area contributed by atoms with Crippen LogP contribution < -0.4 is 10.1 Å². The van der Waals surface area contributed by atoms with Gasteiger partial charge in [0.2, 0.25) is 0 Å². The Morgan fingerprint density at radius 3 is 2.67 bits per heavy atom. The van der Waals surface area contributed by atoms with Crippen molar-refractivity contribution in [3.8, 4) is 5.75 Å². The van der Waals surface area contributed by atoms with E-state index < -0.39 is 5.54 Å². The summed E-state index contributed by atoms with van der Waals surface area (Å²) in [6, 6.07) is 21.4. The Kier molecular flexibility index (Phi) is 4.43. The molecule has 2 aromatic carbocycles. The van der Waals surface area contributed by atoms with Gasteiger partial charge in [-0.25, -0.2) is 0 Å². The van der Waals surface area contributed by atoms with E-state index in [9.17, 15) is 4.79 Å². The number of benzene rings is 2. The van der Waals surface area contributed by atoms with Crippen molar-refractivity contribution in [2.45, 2.75) is 18.9 Å². The van der Waals surface area contributed by atoms with E-state index in [1.807, 2.05) is 49.4 Å². The highest BCUT2D eigenvalue weighted by molar-refractivity contribution is 5.98. The van der Waals surface area contributed by atoms with Gasteiger partial charge in [-0.1, -0.05) is 42.0 Å². The number of nitrogens with one attached hydrogen (secondary N) is 1. The van der Waals surface area contributed by atoms with Gasteiger partial charge in [-0.15, -0.1) is 0 Å². The minimum Gasteiger partial charge on any atom is -0.491 e. The highest BCUT2D eigenvalue weighted by atomic mass is 16.5. The fourth-order valence-electron chi connectivity index (χ4n) is 4.05. The maximum absolute atomic E-state index is 13.4. The number of aromatic nitrogens is 2. The summed E-state index contributed by atoms with van der Waals surface area (Å²) >= 11 is 0. The Morgan fingerprint density at radius 2 is 1.80 bits per heavy atom. The lowest BCUT2D eigenvalue weighted by Gasteiger charge is -2.39. The molecule has 5 nitrogen and oxygen atoms in total. The number of aryl methyl sites for hydroxylation is 1. The number of nitrogens with zero attached hydrogens (tertiary/aromatic N) is 2. The maximum Gasteiger partial charge on any atom is 0.252 e. The number of hydrogen-bond acceptors (Lipinski definition) is 4. The number of amides is 1. The number of carbonyl (C=O) groups is 1. The van der Waals surface area contributed by atoms with E-state index in [1.165, 1.54) is 0 Å². The van der Waals surface area contributed by atoms with Crippen molar-refractivity contribution in [3.63, 3.8) is 0 Å². The molecule has 1 aliphatic rings. The molecule has 1 aliphatic heterocycles. The summed E-state index contributed by atoms with van der Waals surface area (Å²) in [7, 11) is 0. The van der Waals surface area contributed by atoms with E-state index in [0.29, 0.717) is 24.3 Å². The second-order valence-corrected chi connectivity index (χ2v) is 7.58. The molecule has 4 aromatic rings. The van der Waals surface area contributed by atoms with Gasteiger partial charge in [0.05, 0.1) is 12.1 Å². The number of ether oxygens (including phenoxy) is 1. The van der Waals surface area contributed by atoms with Crippen LogP contribution >= 0.6 is 0 Å². The average molecular weight is 395 g/mol. The van der Waals surface area contributed by atoms with Crippen molar-refractivity contribution in [3.05, 3.63) is 102 Å². The number of rotatable bonds is 3. The highest BCUT2D eigenvalue weighted by Gasteiger charge is 2.42. The molecule has 1 N–H and O–H groups in total. The van der Waals surface area contributed by atoms with Gasteiger partial charge in [-0.3, -0.25) is 14.8 Å². The fraction of sp³-hybridized carbons (Fsp3) is 0.160. The normalized spacial score (nSPS) is 17.8. The fourth-order valence-corrected chi connectivity index (χ4v) is 4.05. The quantitative estimate of drug-likeness (QED) is 0.559. The first-order valence-electron chi connectivity index (χ1n) is 9.98. The third-order valence-electron chi connectivity index (χ3n) is 5.65. The van der Waals surface area contributed by atoms with Crippen LogP contribution in [0.25, 0.3) is 10.9 Å². The molecule has 30 heavy (non-hydrogen) atoms. The van der Waals surface area contributed by atoms with Crippen LogP contribution in [0.15, 0.2) is 79.1 Å². The molecule has 0 saturated carbocycles. The van der Waals surface area contributed by atoms with E-state index in [-0.39, 0.29) is 5.91 Å². The largest absolute Gasteiger partial charge is 0.491 e. The van der Waals surface area contributed by atoms with E-state index in [4.69, 9.17) is 4.74 Å². The average Bonchev–Trinajstić information content (AvgIpc) is 2.79. The summed E-state index contributed by atoms with van der Waals surface area (Å²) < 4.78 is 5.85. The number of fused-ring (bicyclic) bond motifs is 2. The topological polar surface area (TPSA) is 64.1 Å². The van der Waals surface area contributed by atoms with Gasteiger partial charge in [0.1, 0.15) is 17.0 Å². The minimum absolute atomic E-state index is 0.165. The zero-order valence-corrected chi connectivity index (χ0v) is 16.6. The molecule has 5 heteroatoms. The van der Waals surface area contributed by atoms with Gasteiger partial charge >= 0.3 is 0 Å². The van der Waals surface area contributed by atoms with E-state index in [0.717, 1.165) is 27.7 Å². The second-order valence-electron chi connectivity index (χ2n) is 7.58. The number of carbonyl (C=O) groups excluding carboxylic acids is 1. The van der Waals surface area contributed by atoms with Crippen molar-refractivity contribution in [1.29, 1.82) is 0 Å². The van der Waals surface area contributed by atoms with Gasteiger partial charge in [-0.2, -0.15) is 0 Å². The molecule has 0 saturated heterocycles. The zero-order chi connectivity index (χ0) is 20.6. The SMILES string of the molecule is Cc1ccc([C@@]2(NC(=O)c3ccc4cccnc4c3)CCOc3cccnc32)cc1. The molecule has 0 bridgehead atoms. The molecule has 0 radical (unpaired) electrons. The van der Waals surface area contributed by atoms with Crippen LogP contribution in [0, 0.1) is 6.92 Å². The summed E-state index contributed by atoms with van der Waals surface area (Å²) in [5.41, 5.74) is 3.47. The monoisotopic (exact) mass is 395 g/mol. The van der Waals surface area contributed by atoms with Crippen molar-refractivity contribution in [2.75, 3.05) is 6.61 Å². The molecular formula is C25H21N3O2. The van der Waals surface area contributed by atoms with Crippen LogP contribution in [0.5, 0.6) is 5.75 Å². The van der Waals surface area contributed by atoms with Crippen LogP contribution in [-0.4, -0.2) is 22.5 Å². The molecular weight excluding hydrogens is 374 g/mol. The molecule has 3 heterocycles. The Morgan fingerprint density at radius 1 is 1.00 bits per heavy atom. The molecule has 0 aliphatic carbocycles. The van der Waals surface area contributed by atoms with E-state index in [2.05, 4.69) is 39.6 Å². The van der Waals surface area contributed by atoms with E-state index in [1.54, 1.807) is 12.4 Å². The van der Waals surface area contributed by atoms with Crippen LogP contribution in [-0.2, 0) is 5.54 Å². The summed E-state index contributed by atoms with van der Waals surface area (Å²) in [6.45, 7) is 2.54. The highest BCUT2D eigenvalue weighted by Crippen LogP contribution is 2.40. The molecule has 1 amide bonds. The van der Waals surface area contributed by atoms with Gasteiger partial charge in [0, 0.05) is 29.8 Å². The van der Waals surface area contributed by atoms with Crippen LogP contribution in [0.3, 0.4) is 0 Å². The lowest BCUT2D eigenvalue weighted by molar-refractivity contribution is 0.0884. The molecule has 0 fully saturated rings. The molecule has 2 aromatic heterocycles. The molecule has 5 rings (SSSR count). The first kappa shape index (κ1) is 18.3. The van der Waals surface area contributed by atoms with Crippen molar-refractivity contribution in [1.82, 2.24) is 15.3 Å². The van der Waals surface area contributed by atoms with Crippen LogP contribution in [0.2, 0.25) is 0 Å². The number of pyridine rings is 2. The maximum atomic E-state index is 13.4. The van der Waals surface area contributed by atoms with Gasteiger partial charge in [0.15, 0.2) is 0 Å². The predicted octanol–water partition coefficient (Wildman–Crippen LogP) is 4.39. The zero-order valence-electron chi connectivity index (χ0n) is 16.6. The summed E-state index contributed by atoms with van der Waals surface area (Å²) in [6.07, 6.45) is 4.07. The second kappa shape index (κ2) is 7.26. The first-order valence-corrected chi connectivity index (χ1v) is 9.98. The Balaban J connectivity index is 1.61. The Hall–Kier alpha value is -3.73. The molecule has 0 spiro atoms. The smallest absolute Gasteiger partial charge is 0.252 e. The van der Waals surface area contributed by atoms with Crippen molar-refractivity contribution in [2.24, 2.45) is 0 Å². The summed E-state index contributed by atoms with van der Waals surface area (Å²) in [4.78, 5) is 22.4. The van der Waals surface area contributed by atoms with Crippen LogP contribution in [0.1, 0.15) is 33.6 Å². The lowest BCUT2D eigenvalue weighted by atomic mass is 9.81. The first-order chi connectivity index (χ1) is 14.7. The Bertz CT molecular complexity index is 1240. The standard InChI is InChI=1S/C25H21N3O2/c1-17-6-10-20(11-7-17)25(12-15-30-22-5-3-14-27-23(22)25)28-24(29)19-9-8-18-4-2-13-26-21(18)16-19/h2-11,13-14,16H,12,15H2,1H3,(H,28,29)/t25-/m0/s1. The van der Waals surface area contributed by atoms with Gasteiger partial charge in [-0.05, 0) is 42.8 Å². The van der Waals surface area contributed by atoms with Crippen molar-refractivity contribution < 1.29 is 9.53 Å². The van der Waals surface area contributed by atoms with Gasteiger partial charge < -0.3 is 10.1 Å². The Labute approximate surface area is 174 Å². The molecule has 148 valence electrons. The van der Waals surface area contributed by atoms with E-state index >= 15 is 0 Å². The number of hydrogen-bond donors (Lipinski definition) is 1. The third kappa shape index (κ3) is 3.08. The van der Waals surface area contributed by atoms with Crippen LogP contribution in [0.4, 0.5) is 0 Å². The van der Waals surface area contributed by atoms with Crippen molar-refractivity contribution >= 4 is 16.8 Å². The summed E-state index contributed by atoms with van der Waals surface area (Å²) in [5.74, 6) is 0.534. The van der Waals surface area contributed by atoms with Gasteiger partial charge in [0.25, 0.3) is 5.91 Å². The predicted molar refractivity (Wildman–Crippen MR) is 116 cm³/mol. The lowest BCUT2D eigenvalue weighted by Crippen LogP contribution is -2.50. The summed E-state index contributed by atoms with van der Waals surface area (Å²) in [5, 5.41) is 4.30. The molecule has 1 atom stereocenters.